The highest BCUT2D eigenvalue weighted by atomic mass is 32.1. The van der Waals surface area contributed by atoms with Crippen LogP contribution < -0.4 is 5.32 Å². The molecule has 0 unspecified atom stereocenters. The first-order valence-electron chi connectivity index (χ1n) is 4.94. The van der Waals surface area contributed by atoms with Crippen LogP contribution in [0.25, 0.3) is 0 Å². The first-order chi connectivity index (χ1) is 6.18. The fraction of sp³-hybridized carbons (Fsp3) is 0.636. The Balaban J connectivity index is 1.73. The highest BCUT2D eigenvalue weighted by Gasteiger charge is 2.36. The number of nitrogens with one attached hydrogen (secondary N) is 1. The van der Waals surface area contributed by atoms with Gasteiger partial charge in [0.05, 0.1) is 0 Å². The fourth-order valence-electron chi connectivity index (χ4n) is 1.46. The van der Waals surface area contributed by atoms with E-state index in [4.69, 9.17) is 0 Å². The van der Waals surface area contributed by atoms with Crippen LogP contribution in [0.1, 0.15) is 29.5 Å². The summed E-state index contributed by atoms with van der Waals surface area (Å²) < 4.78 is 0. The zero-order chi connectivity index (χ0) is 9.31. The van der Waals surface area contributed by atoms with E-state index in [0.29, 0.717) is 5.41 Å². The van der Waals surface area contributed by atoms with Gasteiger partial charge in [-0.25, -0.2) is 0 Å². The van der Waals surface area contributed by atoms with E-state index in [-0.39, 0.29) is 0 Å². The van der Waals surface area contributed by atoms with Gasteiger partial charge in [0.1, 0.15) is 0 Å². The Kier molecular flexibility index (Phi) is 2.43. The lowest BCUT2D eigenvalue weighted by Gasteiger charge is -2.08. The lowest BCUT2D eigenvalue weighted by Crippen LogP contribution is -2.20. The molecule has 0 spiro atoms. The van der Waals surface area contributed by atoms with Crippen LogP contribution in [0.3, 0.4) is 0 Å². The molecule has 72 valence electrons. The first-order valence-corrected chi connectivity index (χ1v) is 5.76. The highest BCUT2D eigenvalue weighted by molar-refractivity contribution is 7.11. The molecule has 0 atom stereocenters. The number of thiophene rings is 1. The van der Waals surface area contributed by atoms with Crippen molar-refractivity contribution in [3.8, 4) is 0 Å². The van der Waals surface area contributed by atoms with Gasteiger partial charge in [0.15, 0.2) is 0 Å². The summed E-state index contributed by atoms with van der Waals surface area (Å²) in [6.45, 7) is 6.76. The van der Waals surface area contributed by atoms with Crippen molar-refractivity contribution in [1.82, 2.24) is 5.32 Å². The van der Waals surface area contributed by atoms with Gasteiger partial charge < -0.3 is 5.32 Å². The van der Waals surface area contributed by atoms with Gasteiger partial charge in [-0.1, -0.05) is 6.92 Å². The molecule has 1 heterocycles. The van der Waals surface area contributed by atoms with Gasteiger partial charge in [-0.2, -0.15) is 0 Å². The van der Waals surface area contributed by atoms with Gasteiger partial charge in [0.2, 0.25) is 0 Å². The summed E-state index contributed by atoms with van der Waals surface area (Å²) in [4.78, 5) is 2.87. The van der Waals surface area contributed by atoms with Crippen molar-refractivity contribution in [2.45, 2.75) is 33.2 Å². The quantitative estimate of drug-likeness (QED) is 0.779. The molecule has 1 aliphatic rings. The maximum Gasteiger partial charge on any atom is 0.0300 e. The topological polar surface area (TPSA) is 12.0 Å². The molecule has 1 fully saturated rings. The number of aryl methyl sites for hydroxylation is 1. The van der Waals surface area contributed by atoms with Crippen LogP contribution >= 0.6 is 11.3 Å². The summed E-state index contributed by atoms with van der Waals surface area (Å²) in [5.41, 5.74) is 0.631. The van der Waals surface area contributed by atoms with Crippen LogP contribution in [0.2, 0.25) is 0 Å². The third-order valence-corrected chi connectivity index (χ3v) is 3.75. The summed E-state index contributed by atoms with van der Waals surface area (Å²) in [6, 6.07) is 4.42. The van der Waals surface area contributed by atoms with Crippen LogP contribution in [-0.4, -0.2) is 6.54 Å². The van der Waals surface area contributed by atoms with E-state index in [0.717, 1.165) is 6.54 Å². The van der Waals surface area contributed by atoms with Crippen molar-refractivity contribution < 1.29 is 0 Å². The van der Waals surface area contributed by atoms with E-state index >= 15 is 0 Å². The van der Waals surface area contributed by atoms with E-state index in [1.165, 1.54) is 29.1 Å². The Morgan fingerprint density at radius 1 is 1.46 bits per heavy atom. The van der Waals surface area contributed by atoms with Crippen LogP contribution in [0.5, 0.6) is 0 Å². The Labute approximate surface area is 84.2 Å². The monoisotopic (exact) mass is 195 g/mol. The Morgan fingerprint density at radius 2 is 2.23 bits per heavy atom. The minimum Gasteiger partial charge on any atom is -0.311 e. The van der Waals surface area contributed by atoms with Crippen LogP contribution in [0.4, 0.5) is 0 Å². The third-order valence-electron chi connectivity index (χ3n) is 2.75. The molecule has 1 nitrogen and oxygen atoms in total. The molecule has 0 saturated heterocycles. The van der Waals surface area contributed by atoms with Gasteiger partial charge in [-0.15, -0.1) is 11.3 Å². The molecule has 0 radical (unpaired) electrons. The van der Waals surface area contributed by atoms with E-state index in [9.17, 15) is 0 Å². The largest absolute Gasteiger partial charge is 0.311 e. The van der Waals surface area contributed by atoms with E-state index in [1.807, 2.05) is 11.3 Å². The predicted molar refractivity (Wildman–Crippen MR) is 58.1 cm³/mol. The number of rotatable bonds is 4. The van der Waals surface area contributed by atoms with Crippen molar-refractivity contribution in [2.75, 3.05) is 6.54 Å². The Hall–Kier alpha value is -0.340. The highest BCUT2D eigenvalue weighted by Crippen LogP contribution is 2.44. The minimum absolute atomic E-state index is 0.631. The lowest BCUT2D eigenvalue weighted by atomic mass is 10.1. The first kappa shape index (κ1) is 9.22. The average molecular weight is 195 g/mol. The molecule has 0 aliphatic heterocycles. The molecule has 13 heavy (non-hydrogen) atoms. The smallest absolute Gasteiger partial charge is 0.0300 e. The summed E-state index contributed by atoms with van der Waals surface area (Å²) in [6.07, 6.45) is 2.81. The maximum absolute atomic E-state index is 3.53. The van der Waals surface area contributed by atoms with E-state index in [1.54, 1.807) is 0 Å². The molecule has 2 rings (SSSR count). The zero-order valence-electron chi connectivity index (χ0n) is 8.39. The zero-order valence-corrected chi connectivity index (χ0v) is 9.21. The lowest BCUT2D eigenvalue weighted by molar-refractivity contribution is 0.501. The second-order valence-electron chi connectivity index (χ2n) is 4.43. The van der Waals surface area contributed by atoms with Crippen LogP contribution in [-0.2, 0) is 6.54 Å². The number of hydrogen-bond donors (Lipinski definition) is 1. The average Bonchev–Trinajstić information content (AvgIpc) is 2.65. The van der Waals surface area contributed by atoms with E-state index in [2.05, 4.69) is 31.3 Å². The molecule has 0 amide bonds. The van der Waals surface area contributed by atoms with Crippen molar-refractivity contribution >= 4 is 11.3 Å². The van der Waals surface area contributed by atoms with Crippen molar-refractivity contribution in [2.24, 2.45) is 5.41 Å². The molecule has 0 aromatic carbocycles. The molecule has 1 aliphatic carbocycles. The molecule has 1 aromatic rings. The molecule has 1 saturated carbocycles. The van der Waals surface area contributed by atoms with Gasteiger partial charge in [0.25, 0.3) is 0 Å². The Bertz CT molecular complexity index is 286. The molecular weight excluding hydrogens is 178 g/mol. The van der Waals surface area contributed by atoms with Crippen molar-refractivity contribution in [3.05, 3.63) is 21.9 Å². The number of hydrogen-bond acceptors (Lipinski definition) is 2. The second kappa shape index (κ2) is 3.43. The molecule has 1 N–H and O–H groups in total. The van der Waals surface area contributed by atoms with Gasteiger partial charge >= 0.3 is 0 Å². The minimum atomic E-state index is 0.631. The maximum atomic E-state index is 3.53. The van der Waals surface area contributed by atoms with Crippen molar-refractivity contribution in [1.29, 1.82) is 0 Å². The van der Waals surface area contributed by atoms with Crippen LogP contribution in [0, 0.1) is 12.3 Å². The molecular formula is C11H17NS. The standard InChI is InChI=1S/C11H17NS/c1-9-3-4-10(13-9)7-12-8-11(2)5-6-11/h3-4,12H,5-8H2,1-2H3. The Morgan fingerprint density at radius 3 is 2.77 bits per heavy atom. The molecule has 2 heteroatoms. The molecule has 0 bridgehead atoms. The van der Waals surface area contributed by atoms with Gasteiger partial charge in [0, 0.05) is 22.8 Å². The fourth-order valence-corrected chi connectivity index (χ4v) is 2.32. The third kappa shape index (κ3) is 2.55. The van der Waals surface area contributed by atoms with E-state index < -0.39 is 0 Å². The van der Waals surface area contributed by atoms with Crippen LogP contribution in [0.15, 0.2) is 12.1 Å². The van der Waals surface area contributed by atoms with Gasteiger partial charge in [-0.3, -0.25) is 0 Å². The summed E-state index contributed by atoms with van der Waals surface area (Å²) in [7, 11) is 0. The predicted octanol–water partition coefficient (Wildman–Crippen LogP) is 2.95. The molecule has 1 aromatic heterocycles. The summed E-state index contributed by atoms with van der Waals surface area (Å²) in [5, 5.41) is 3.53. The summed E-state index contributed by atoms with van der Waals surface area (Å²) >= 11 is 1.90. The van der Waals surface area contributed by atoms with Gasteiger partial charge in [-0.05, 0) is 37.3 Å². The SMILES string of the molecule is Cc1ccc(CNCC2(C)CC2)s1. The van der Waals surface area contributed by atoms with Crippen molar-refractivity contribution in [3.63, 3.8) is 0 Å². The second-order valence-corrected chi connectivity index (χ2v) is 5.80. The normalized spacial score (nSPS) is 18.9. The summed E-state index contributed by atoms with van der Waals surface area (Å²) in [5.74, 6) is 0.